The lowest BCUT2D eigenvalue weighted by molar-refractivity contribution is -0.145. The van der Waals surface area contributed by atoms with Gasteiger partial charge in [0.05, 0.1) is 6.61 Å². The van der Waals surface area contributed by atoms with E-state index in [-0.39, 0.29) is 5.97 Å². The van der Waals surface area contributed by atoms with Gasteiger partial charge in [0.15, 0.2) is 0 Å². The van der Waals surface area contributed by atoms with Crippen LogP contribution in [0, 0.1) is 0 Å². The molecule has 0 aliphatic heterocycles. The second-order valence-corrected chi connectivity index (χ2v) is 5.51. The highest BCUT2D eigenvalue weighted by molar-refractivity contribution is 7.81. The van der Waals surface area contributed by atoms with E-state index in [1.807, 2.05) is 0 Å². The molecule has 0 rings (SSSR count). The maximum Gasteiger partial charge on any atom is 0.324 e. The first kappa shape index (κ1) is 14.8. The van der Waals surface area contributed by atoms with Crippen LogP contribution in [0.4, 0.5) is 0 Å². The van der Waals surface area contributed by atoms with Crippen LogP contribution in [0.5, 0.6) is 0 Å². The fourth-order valence-electron chi connectivity index (χ4n) is 1.08. The van der Waals surface area contributed by atoms with Gasteiger partial charge in [0, 0.05) is 4.75 Å². The van der Waals surface area contributed by atoms with Gasteiger partial charge in [0.2, 0.25) is 0 Å². The van der Waals surface area contributed by atoms with Gasteiger partial charge in [0.1, 0.15) is 6.04 Å². The molecule has 0 saturated heterocycles. The summed E-state index contributed by atoms with van der Waals surface area (Å²) in [6.45, 7) is 6.22. The molecular weight excluding hydrogens is 210 g/mol. The summed E-state index contributed by atoms with van der Waals surface area (Å²) in [6, 6.07) is -0.660. The Morgan fingerprint density at radius 1 is 1.40 bits per heavy atom. The van der Waals surface area contributed by atoms with Gasteiger partial charge in [-0.3, -0.25) is 4.79 Å². The Balaban J connectivity index is 3.66. The molecule has 3 nitrogen and oxygen atoms in total. The van der Waals surface area contributed by atoms with Crippen LogP contribution in [-0.2, 0) is 9.53 Å². The molecule has 0 aromatic rings. The fraction of sp³-hybridized carbons (Fsp3) is 0.909. The largest absolute Gasteiger partial charge is 0.464 e. The third-order valence-corrected chi connectivity index (χ3v) is 2.54. The van der Waals surface area contributed by atoms with Gasteiger partial charge in [0.25, 0.3) is 0 Å². The Morgan fingerprint density at radius 3 is 2.47 bits per heavy atom. The average Bonchev–Trinajstić information content (AvgIpc) is 2.14. The summed E-state index contributed by atoms with van der Waals surface area (Å²) in [5.41, 5.74) is 5.68. The van der Waals surface area contributed by atoms with Gasteiger partial charge >= 0.3 is 5.97 Å². The van der Waals surface area contributed by atoms with Crippen molar-refractivity contribution in [3.8, 4) is 0 Å². The zero-order valence-corrected chi connectivity index (χ0v) is 10.8. The number of unbranched alkanes of at least 4 members (excludes halogenated alkanes) is 3. The van der Waals surface area contributed by atoms with Gasteiger partial charge in [-0.15, -0.1) is 0 Å². The van der Waals surface area contributed by atoms with Crippen molar-refractivity contribution >= 4 is 18.6 Å². The smallest absolute Gasteiger partial charge is 0.324 e. The van der Waals surface area contributed by atoms with Crippen LogP contribution >= 0.6 is 12.6 Å². The summed E-state index contributed by atoms with van der Waals surface area (Å²) in [6.07, 6.45) is 4.38. The third kappa shape index (κ3) is 6.79. The summed E-state index contributed by atoms with van der Waals surface area (Å²) < 4.78 is 4.54. The standard InChI is InChI=1S/C11H23NO2S/c1-4-5-6-7-8-14-10(13)9(12)11(2,3)15/h9,15H,4-8,12H2,1-3H3. The number of thiol groups is 1. The Labute approximate surface area is 98.2 Å². The molecular formula is C11H23NO2S. The van der Waals surface area contributed by atoms with Crippen molar-refractivity contribution in [1.29, 1.82) is 0 Å². The molecule has 1 atom stereocenters. The number of hydrogen-bond acceptors (Lipinski definition) is 4. The van der Waals surface area contributed by atoms with Crippen molar-refractivity contribution < 1.29 is 9.53 Å². The maximum atomic E-state index is 11.4. The predicted molar refractivity (Wildman–Crippen MR) is 66.1 cm³/mol. The molecule has 0 bridgehead atoms. The summed E-state index contributed by atoms with van der Waals surface area (Å²) in [5, 5.41) is 0. The van der Waals surface area contributed by atoms with Gasteiger partial charge in [-0.1, -0.05) is 26.2 Å². The van der Waals surface area contributed by atoms with Crippen LogP contribution in [0.25, 0.3) is 0 Å². The van der Waals surface area contributed by atoms with E-state index >= 15 is 0 Å². The van der Waals surface area contributed by atoms with Gasteiger partial charge in [-0.2, -0.15) is 12.6 Å². The molecule has 0 heterocycles. The minimum absolute atomic E-state index is 0.355. The van der Waals surface area contributed by atoms with Gasteiger partial charge in [-0.05, 0) is 20.3 Å². The van der Waals surface area contributed by atoms with Crippen LogP contribution in [0.2, 0.25) is 0 Å². The third-order valence-electron chi connectivity index (χ3n) is 2.26. The first-order chi connectivity index (χ1) is 6.89. The van der Waals surface area contributed by atoms with E-state index in [1.165, 1.54) is 12.8 Å². The monoisotopic (exact) mass is 233 g/mol. The molecule has 0 aliphatic carbocycles. The molecule has 0 saturated carbocycles. The van der Waals surface area contributed by atoms with Crippen LogP contribution in [0.3, 0.4) is 0 Å². The highest BCUT2D eigenvalue weighted by Crippen LogP contribution is 2.16. The molecule has 0 spiro atoms. The summed E-state index contributed by atoms with van der Waals surface area (Å²) in [4.78, 5) is 11.4. The number of carbonyl (C=O) groups is 1. The van der Waals surface area contributed by atoms with E-state index in [2.05, 4.69) is 19.6 Å². The van der Waals surface area contributed by atoms with Crippen LogP contribution in [0.15, 0.2) is 0 Å². The molecule has 0 aromatic heterocycles. The topological polar surface area (TPSA) is 52.3 Å². The number of esters is 1. The van der Waals surface area contributed by atoms with Crippen LogP contribution < -0.4 is 5.73 Å². The van der Waals surface area contributed by atoms with E-state index < -0.39 is 10.8 Å². The lowest BCUT2D eigenvalue weighted by Gasteiger charge is -2.23. The zero-order chi connectivity index (χ0) is 11.9. The van der Waals surface area contributed by atoms with Crippen molar-refractivity contribution in [2.45, 2.75) is 57.2 Å². The molecule has 1 unspecified atom stereocenters. The molecule has 15 heavy (non-hydrogen) atoms. The summed E-state index contributed by atoms with van der Waals surface area (Å²) in [5.74, 6) is -0.355. The van der Waals surface area contributed by atoms with E-state index in [0.29, 0.717) is 6.61 Å². The highest BCUT2D eigenvalue weighted by Gasteiger charge is 2.29. The molecule has 4 heteroatoms. The first-order valence-corrected chi connectivity index (χ1v) is 5.99. The quantitative estimate of drug-likeness (QED) is 0.402. The highest BCUT2D eigenvalue weighted by atomic mass is 32.1. The average molecular weight is 233 g/mol. The minimum atomic E-state index is -0.660. The molecule has 0 amide bonds. The van der Waals surface area contributed by atoms with Crippen molar-refractivity contribution in [2.75, 3.05) is 6.61 Å². The predicted octanol–water partition coefficient (Wildman–Crippen LogP) is 2.15. The molecule has 0 aromatic carbocycles. The number of hydrogen-bond donors (Lipinski definition) is 2. The second kappa shape index (κ2) is 7.12. The van der Waals surface area contributed by atoms with Gasteiger partial charge in [-0.25, -0.2) is 0 Å². The number of nitrogens with two attached hydrogens (primary N) is 1. The lowest BCUT2D eigenvalue weighted by Crippen LogP contribution is -2.46. The molecule has 0 radical (unpaired) electrons. The Bertz CT molecular complexity index is 190. The number of rotatable bonds is 7. The van der Waals surface area contributed by atoms with Gasteiger partial charge < -0.3 is 10.5 Å². The van der Waals surface area contributed by atoms with Crippen molar-refractivity contribution in [3.63, 3.8) is 0 Å². The van der Waals surface area contributed by atoms with Crippen molar-refractivity contribution in [2.24, 2.45) is 5.73 Å². The Hall–Kier alpha value is -0.220. The maximum absolute atomic E-state index is 11.4. The lowest BCUT2D eigenvalue weighted by atomic mass is 10.0. The Kier molecular flexibility index (Phi) is 7.02. The number of ether oxygens (including phenoxy) is 1. The number of carbonyl (C=O) groups excluding carboxylic acids is 1. The van der Waals surface area contributed by atoms with Crippen LogP contribution in [-0.4, -0.2) is 23.4 Å². The van der Waals surface area contributed by atoms with E-state index in [9.17, 15) is 4.79 Å². The van der Waals surface area contributed by atoms with E-state index in [4.69, 9.17) is 10.5 Å². The van der Waals surface area contributed by atoms with E-state index in [0.717, 1.165) is 12.8 Å². The Morgan fingerprint density at radius 2 is 2.00 bits per heavy atom. The second-order valence-electron chi connectivity index (χ2n) is 4.36. The zero-order valence-electron chi connectivity index (χ0n) is 9.95. The molecule has 2 N–H and O–H groups in total. The molecule has 0 aliphatic rings. The summed E-state index contributed by atoms with van der Waals surface area (Å²) >= 11 is 4.24. The molecule has 0 fully saturated rings. The first-order valence-electron chi connectivity index (χ1n) is 5.54. The minimum Gasteiger partial charge on any atom is -0.464 e. The van der Waals surface area contributed by atoms with Crippen LogP contribution in [0.1, 0.15) is 46.5 Å². The normalized spacial score (nSPS) is 13.7. The summed E-state index contributed by atoms with van der Waals surface area (Å²) in [7, 11) is 0. The fourth-order valence-corrected chi connectivity index (χ4v) is 1.19. The molecule has 90 valence electrons. The van der Waals surface area contributed by atoms with E-state index in [1.54, 1.807) is 13.8 Å². The SMILES string of the molecule is CCCCCCOC(=O)C(N)C(C)(C)S. The van der Waals surface area contributed by atoms with Crippen molar-refractivity contribution in [1.82, 2.24) is 0 Å². The van der Waals surface area contributed by atoms with Crippen molar-refractivity contribution in [3.05, 3.63) is 0 Å².